The highest BCUT2D eigenvalue weighted by atomic mass is 16.8. The van der Waals surface area contributed by atoms with Gasteiger partial charge in [0.2, 0.25) is 0 Å². The lowest BCUT2D eigenvalue weighted by Gasteiger charge is -2.22. The molecule has 0 aromatic carbocycles. The Morgan fingerprint density at radius 3 is 2.53 bits per heavy atom. The summed E-state index contributed by atoms with van der Waals surface area (Å²) >= 11 is 0. The van der Waals surface area contributed by atoms with E-state index in [9.17, 15) is 4.79 Å². The fraction of sp³-hybridized carbons (Fsp3) is 0.727. The van der Waals surface area contributed by atoms with E-state index >= 15 is 0 Å². The maximum absolute atomic E-state index is 11.8. The van der Waals surface area contributed by atoms with Gasteiger partial charge in [0.15, 0.2) is 11.6 Å². The summed E-state index contributed by atoms with van der Waals surface area (Å²) in [6, 6.07) is 0. The van der Waals surface area contributed by atoms with E-state index in [4.69, 9.17) is 14.6 Å². The number of ketones is 1. The van der Waals surface area contributed by atoms with E-state index in [1.165, 1.54) is 0 Å². The summed E-state index contributed by atoms with van der Waals surface area (Å²) in [5, 5.41) is 9.03. The van der Waals surface area contributed by atoms with Crippen LogP contribution in [0.3, 0.4) is 0 Å². The zero-order chi connectivity index (χ0) is 10.8. The van der Waals surface area contributed by atoms with Crippen LogP contribution in [0, 0.1) is 11.8 Å². The van der Waals surface area contributed by atoms with Crippen LogP contribution in [0.2, 0.25) is 0 Å². The van der Waals surface area contributed by atoms with E-state index in [0.717, 1.165) is 12.7 Å². The van der Waals surface area contributed by atoms with Crippen molar-refractivity contribution >= 4 is 5.78 Å². The van der Waals surface area contributed by atoms with E-state index < -0.39 is 5.79 Å². The number of carbonyl (C=O) groups excluding carboxylic acids is 1. The molecule has 3 rings (SSSR count). The Hall–Kier alpha value is -0.870. The van der Waals surface area contributed by atoms with Crippen molar-refractivity contribution in [2.45, 2.75) is 38.3 Å². The highest BCUT2D eigenvalue weighted by molar-refractivity contribution is 6.01. The molecule has 3 aliphatic rings. The minimum absolute atomic E-state index is 0.0271. The van der Waals surface area contributed by atoms with Gasteiger partial charge in [0.25, 0.3) is 0 Å². The molecule has 4 atom stereocenters. The summed E-state index contributed by atoms with van der Waals surface area (Å²) < 4.78 is 11.5. The molecule has 1 aliphatic heterocycles. The molecule has 1 N–H and O–H groups in total. The second kappa shape index (κ2) is 2.62. The fourth-order valence-electron chi connectivity index (χ4n) is 3.10. The molecule has 1 saturated heterocycles. The van der Waals surface area contributed by atoms with Gasteiger partial charge in [-0.2, -0.15) is 0 Å². The quantitative estimate of drug-likeness (QED) is 0.481. The van der Waals surface area contributed by atoms with Crippen molar-refractivity contribution in [3.05, 3.63) is 11.8 Å². The van der Waals surface area contributed by atoms with Gasteiger partial charge in [0, 0.05) is 11.5 Å². The predicted octanol–water partition coefficient (Wildman–Crippen LogP) is 1.17. The third-order valence-electron chi connectivity index (χ3n) is 3.62. The smallest absolute Gasteiger partial charge is 0.168 e. The van der Waals surface area contributed by atoms with Crippen molar-refractivity contribution in [2.24, 2.45) is 11.8 Å². The topological polar surface area (TPSA) is 55.8 Å². The normalized spacial score (nSPS) is 48.9. The van der Waals surface area contributed by atoms with Crippen LogP contribution in [-0.4, -0.2) is 28.9 Å². The lowest BCUT2D eigenvalue weighted by molar-refractivity contribution is -0.157. The average Bonchev–Trinajstić information content (AvgIpc) is 2.71. The molecule has 0 unspecified atom stereocenters. The third-order valence-corrected chi connectivity index (χ3v) is 3.62. The van der Waals surface area contributed by atoms with Crippen molar-refractivity contribution in [2.75, 3.05) is 0 Å². The summed E-state index contributed by atoms with van der Waals surface area (Å²) in [4.78, 5) is 11.8. The third kappa shape index (κ3) is 1.06. The number of aliphatic hydroxyl groups excluding tert-OH is 1. The lowest BCUT2D eigenvalue weighted by atomic mass is 9.90. The average molecular weight is 210 g/mol. The second-order valence-corrected chi connectivity index (χ2v) is 4.96. The molecule has 82 valence electrons. The van der Waals surface area contributed by atoms with Gasteiger partial charge in [-0.05, 0) is 20.3 Å². The molecule has 2 bridgehead atoms. The van der Waals surface area contributed by atoms with Crippen LogP contribution in [-0.2, 0) is 14.3 Å². The highest BCUT2D eigenvalue weighted by Gasteiger charge is 2.62. The van der Waals surface area contributed by atoms with Crippen molar-refractivity contribution in [1.82, 2.24) is 0 Å². The molecule has 3 fully saturated rings. The first-order valence-electron chi connectivity index (χ1n) is 5.27. The monoisotopic (exact) mass is 210 g/mol. The molecule has 4 heteroatoms. The molecule has 15 heavy (non-hydrogen) atoms. The number of fused-ring (bicyclic) bond motifs is 5. The van der Waals surface area contributed by atoms with Crippen LogP contribution in [0.15, 0.2) is 11.8 Å². The summed E-state index contributed by atoms with van der Waals surface area (Å²) in [5.41, 5.74) is 0.516. The molecule has 2 saturated carbocycles. The number of ether oxygens (including phenoxy) is 2. The van der Waals surface area contributed by atoms with Gasteiger partial charge in [-0.3, -0.25) is 4.79 Å². The number of Topliss-reactive ketones (excluding diaryl/α,β-unsaturated/α-hetero) is 1. The summed E-state index contributed by atoms with van der Waals surface area (Å²) in [6.07, 6.45) is 1.54. The number of rotatable bonds is 0. The number of carbonyl (C=O) groups is 1. The van der Waals surface area contributed by atoms with Gasteiger partial charge in [-0.25, -0.2) is 0 Å². The molecule has 2 aliphatic carbocycles. The molecule has 4 nitrogen and oxygen atoms in total. The van der Waals surface area contributed by atoms with Gasteiger partial charge < -0.3 is 14.6 Å². The van der Waals surface area contributed by atoms with E-state index in [-0.39, 0.29) is 29.8 Å². The number of hydrogen-bond acceptors (Lipinski definition) is 4. The fourth-order valence-corrected chi connectivity index (χ4v) is 3.10. The highest BCUT2D eigenvalue weighted by Crippen LogP contribution is 2.53. The maximum Gasteiger partial charge on any atom is 0.168 e. The maximum atomic E-state index is 11.8. The first kappa shape index (κ1) is 9.36. The Morgan fingerprint density at radius 2 is 1.93 bits per heavy atom. The van der Waals surface area contributed by atoms with Crippen molar-refractivity contribution in [3.63, 3.8) is 0 Å². The SMILES string of the molecule is CC1(C)O[C@@H]2[C@H](O1)[C@@H]1C[C@H]2C(=O)/C1=C/O. The van der Waals surface area contributed by atoms with E-state index in [0.29, 0.717) is 5.57 Å². The Kier molecular flexibility index (Phi) is 1.64. The van der Waals surface area contributed by atoms with Gasteiger partial charge in [0.1, 0.15) is 0 Å². The van der Waals surface area contributed by atoms with Gasteiger partial charge >= 0.3 is 0 Å². The molecule has 0 amide bonds. The Morgan fingerprint density at radius 1 is 1.33 bits per heavy atom. The van der Waals surface area contributed by atoms with Crippen LogP contribution >= 0.6 is 0 Å². The van der Waals surface area contributed by atoms with E-state index in [2.05, 4.69) is 0 Å². The minimum atomic E-state index is -0.600. The Balaban J connectivity index is 1.96. The Labute approximate surface area is 87.9 Å². The molecule has 0 aromatic rings. The van der Waals surface area contributed by atoms with E-state index in [1.807, 2.05) is 13.8 Å². The standard InChI is InChI=1S/C11H14O4/c1-11(2)14-9-5-3-6(10(9)15-11)8(13)7(5)4-12/h4-6,9-10,12H,3H2,1-2H3/b7-4+/t5-,6+,9-,10+/m1/s1. The van der Waals surface area contributed by atoms with Gasteiger partial charge in [0.05, 0.1) is 24.4 Å². The van der Waals surface area contributed by atoms with Crippen LogP contribution < -0.4 is 0 Å². The van der Waals surface area contributed by atoms with Crippen LogP contribution in [0.5, 0.6) is 0 Å². The van der Waals surface area contributed by atoms with Crippen molar-refractivity contribution in [3.8, 4) is 0 Å². The van der Waals surface area contributed by atoms with Crippen LogP contribution in [0.4, 0.5) is 0 Å². The first-order valence-corrected chi connectivity index (χ1v) is 5.27. The van der Waals surface area contributed by atoms with Crippen LogP contribution in [0.25, 0.3) is 0 Å². The minimum Gasteiger partial charge on any atom is -0.515 e. The largest absolute Gasteiger partial charge is 0.515 e. The molecular formula is C11H14O4. The summed E-state index contributed by atoms with van der Waals surface area (Å²) in [6.45, 7) is 3.72. The van der Waals surface area contributed by atoms with Gasteiger partial charge in [-0.1, -0.05) is 0 Å². The Bertz CT molecular complexity index is 358. The predicted molar refractivity (Wildman–Crippen MR) is 51.1 cm³/mol. The van der Waals surface area contributed by atoms with Crippen molar-refractivity contribution in [1.29, 1.82) is 0 Å². The van der Waals surface area contributed by atoms with Gasteiger partial charge in [-0.15, -0.1) is 0 Å². The summed E-state index contributed by atoms with van der Waals surface area (Å²) in [5.74, 6) is -0.651. The zero-order valence-corrected chi connectivity index (χ0v) is 8.77. The molecular weight excluding hydrogens is 196 g/mol. The molecule has 0 aromatic heterocycles. The first-order chi connectivity index (χ1) is 7.03. The van der Waals surface area contributed by atoms with Crippen molar-refractivity contribution < 1.29 is 19.4 Å². The lowest BCUT2D eigenvalue weighted by Crippen LogP contribution is -2.36. The number of hydrogen-bond donors (Lipinski definition) is 1. The number of aliphatic hydroxyl groups is 1. The molecule has 0 spiro atoms. The second-order valence-electron chi connectivity index (χ2n) is 4.96. The zero-order valence-electron chi connectivity index (χ0n) is 8.77. The summed E-state index contributed by atoms with van der Waals surface area (Å²) in [7, 11) is 0. The molecule has 1 heterocycles. The van der Waals surface area contributed by atoms with E-state index in [1.54, 1.807) is 0 Å². The molecule has 0 radical (unpaired) electrons. The van der Waals surface area contributed by atoms with Crippen LogP contribution in [0.1, 0.15) is 20.3 Å².